The van der Waals surface area contributed by atoms with Crippen LogP contribution < -0.4 is 9.47 Å². The number of hydrogen-bond donors (Lipinski definition) is 0. The third kappa shape index (κ3) is 2.76. The molecular weight excluding hydrogens is 310 g/mol. The van der Waals surface area contributed by atoms with E-state index in [0.717, 1.165) is 11.3 Å². The highest BCUT2D eigenvalue weighted by Crippen LogP contribution is 2.20. The lowest BCUT2D eigenvalue weighted by molar-refractivity contribution is 0.242. The predicted octanol–water partition coefficient (Wildman–Crippen LogP) is 2.37. The molecule has 120 valence electrons. The predicted molar refractivity (Wildman–Crippen MR) is 83.6 cm³/mol. The molecule has 4 rings (SSSR count). The van der Waals surface area contributed by atoms with Crippen molar-refractivity contribution < 1.29 is 14.0 Å². The van der Waals surface area contributed by atoms with Crippen molar-refractivity contribution in [2.45, 2.75) is 6.61 Å². The first-order valence-corrected chi connectivity index (χ1v) is 7.21. The Hall–Kier alpha value is -3.42. The Morgan fingerprint density at radius 3 is 2.79 bits per heavy atom. The number of fused-ring (bicyclic) bond motifs is 1. The zero-order valence-corrected chi connectivity index (χ0v) is 12.8. The molecule has 0 aliphatic carbocycles. The molecule has 0 amide bonds. The second kappa shape index (κ2) is 5.99. The molecule has 0 fully saturated rings. The Balaban J connectivity index is 1.47. The van der Waals surface area contributed by atoms with Crippen LogP contribution >= 0.6 is 0 Å². The van der Waals surface area contributed by atoms with Crippen LogP contribution in [0.1, 0.15) is 5.89 Å². The van der Waals surface area contributed by atoms with Crippen molar-refractivity contribution in [2.75, 3.05) is 7.11 Å². The minimum atomic E-state index is 0.187. The topological polar surface area (TPSA) is 87.6 Å². The quantitative estimate of drug-likeness (QED) is 0.557. The van der Waals surface area contributed by atoms with Crippen molar-refractivity contribution in [3.05, 3.63) is 54.8 Å². The molecule has 0 aliphatic rings. The molecule has 0 saturated heterocycles. The molecule has 3 aromatic heterocycles. The van der Waals surface area contributed by atoms with Gasteiger partial charge in [0.25, 0.3) is 5.89 Å². The molecular formula is C16H13N5O3. The summed E-state index contributed by atoms with van der Waals surface area (Å²) in [6, 6.07) is 11.0. The molecule has 24 heavy (non-hydrogen) atoms. The second-order valence-electron chi connectivity index (χ2n) is 4.99. The standard InChI is InChI=1S/C16H13N5O3/c1-22-12-2-4-13(5-3-12)23-9-15-18-16(20-24-15)11-6-7-21-10-17-19-14(21)8-11/h2-8,10H,9H2,1H3. The van der Waals surface area contributed by atoms with Gasteiger partial charge in [-0.3, -0.25) is 4.40 Å². The number of benzene rings is 1. The summed E-state index contributed by atoms with van der Waals surface area (Å²) in [7, 11) is 1.62. The largest absolute Gasteiger partial charge is 0.497 e. The van der Waals surface area contributed by atoms with E-state index in [2.05, 4.69) is 20.3 Å². The number of nitrogens with zero attached hydrogens (tertiary/aromatic N) is 5. The van der Waals surface area contributed by atoms with Crippen LogP contribution in [0.5, 0.6) is 11.5 Å². The lowest BCUT2D eigenvalue weighted by Gasteiger charge is -2.04. The van der Waals surface area contributed by atoms with Crippen LogP contribution in [0.4, 0.5) is 0 Å². The summed E-state index contributed by atoms with van der Waals surface area (Å²) < 4.78 is 17.8. The average Bonchev–Trinajstić information content (AvgIpc) is 3.29. The average molecular weight is 323 g/mol. The van der Waals surface area contributed by atoms with Crippen LogP contribution in [0.3, 0.4) is 0 Å². The van der Waals surface area contributed by atoms with Crippen LogP contribution in [0.25, 0.3) is 17.0 Å². The summed E-state index contributed by atoms with van der Waals surface area (Å²) in [5.74, 6) is 2.34. The highest BCUT2D eigenvalue weighted by Gasteiger charge is 2.10. The molecule has 8 heteroatoms. The van der Waals surface area contributed by atoms with Crippen molar-refractivity contribution in [1.29, 1.82) is 0 Å². The fourth-order valence-corrected chi connectivity index (χ4v) is 2.20. The van der Waals surface area contributed by atoms with Crippen LogP contribution in [0, 0.1) is 0 Å². The zero-order chi connectivity index (χ0) is 16.4. The van der Waals surface area contributed by atoms with Gasteiger partial charge in [0.1, 0.15) is 17.8 Å². The fraction of sp³-hybridized carbons (Fsp3) is 0.125. The SMILES string of the molecule is COc1ccc(OCc2nc(-c3ccn4cnnc4c3)no2)cc1. The van der Waals surface area contributed by atoms with E-state index in [1.54, 1.807) is 17.8 Å². The minimum absolute atomic E-state index is 0.187. The molecule has 0 bridgehead atoms. The summed E-state index contributed by atoms with van der Waals surface area (Å²) in [5.41, 5.74) is 1.52. The van der Waals surface area contributed by atoms with E-state index in [9.17, 15) is 0 Å². The summed E-state index contributed by atoms with van der Waals surface area (Å²) in [5, 5.41) is 11.8. The molecule has 0 saturated carbocycles. The van der Waals surface area contributed by atoms with Gasteiger partial charge in [-0.1, -0.05) is 5.16 Å². The van der Waals surface area contributed by atoms with E-state index >= 15 is 0 Å². The molecule has 0 atom stereocenters. The lowest BCUT2D eigenvalue weighted by Crippen LogP contribution is -1.96. The van der Waals surface area contributed by atoms with Gasteiger partial charge in [-0.15, -0.1) is 10.2 Å². The zero-order valence-electron chi connectivity index (χ0n) is 12.8. The highest BCUT2D eigenvalue weighted by molar-refractivity contribution is 5.60. The molecule has 8 nitrogen and oxygen atoms in total. The molecule has 4 aromatic rings. The van der Waals surface area contributed by atoms with E-state index in [0.29, 0.717) is 23.1 Å². The van der Waals surface area contributed by atoms with Gasteiger partial charge in [-0.25, -0.2) is 0 Å². The molecule has 0 radical (unpaired) electrons. The van der Waals surface area contributed by atoms with Gasteiger partial charge in [0.15, 0.2) is 12.3 Å². The van der Waals surface area contributed by atoms with Gasteiger partial charge < -0.3 is 14.0 Å². The Bertz CT molecular complexity index is 961. The number of methoxy groups -OCH3 is 1. The normalized spacial score (nSPS) is 10.9. The summed E-state index contributed by atoms with van der Waals surface area (Å²) in [4.78, 5) is 4.34. The first kappa shape index (κ1) is 14.2. The third-order valence-corrected chi connectivity index (χ3v) is 3.45. The number of rotatable bonds is 5. The summed E-state index contributed by atoms with van der Waals surface area (Å²) in [6.07, 6.45) is 3.47. The highest BCUT2D eigenvalue weighted by atomic mass is 16.5. The van der Waals surface area contributed by atoms with E-state index in [1.165, 1.54) is 0 Å². The van der Waals surface area contributed by atoms with Crippen LogP contribution in [-0.4, -0.2) is 31.8 Å². The molecule has 1 aromatic carbocycles. The summed E-state index contributed by atoms with van der Waals surface area (Å²) >= 11 is 0. The smallest absolute Gasteiger partial charge is 0.264 e. The number of pyridine rings is 1. The first-order chi connectivity index (χ1) is 11.8. The van der Waals surface area contributed by atoms with Crippen molar-refractivity contribution in [3.8, 4) is 22.9 Å². The Morgan fingerprint density at radius 2 is 1.96 bits per heavy atom. The minimum Gasteiger partial charge on any atom is -0.497 e. The number of aromatic nitrogens is 5. The van der Waals surface area contributed by atoms with Crippen molar-refractivity contribution >= 4 is 5.65 Å². The fourth-order valence-electron chi connectivity index (χ4n) is 2.20. The van der Waals surface area contributed by atoms with Crippen LogP contribution in [-0.2, 0) is 6.61 Å². The Labute approximate surface area is 136 Å². The molecule has 3 heterocycles. The van der Waals surface area contributed by atoms with Crippen molar-refractivity contribution in [1.82, 2.24) is 24.7 Å². The van der Waals surface area contributed by atoms with E-state index in [1.807, 2.05) is 42.6 Å². The Kier molecular flexibility index (Phi) is 3.54. The van der Waals surface area contributed by atoms with E-state index < -0.39 is 0 Å². The van der Waals surface area contributed by atoms with Crippen molar-refractivity contribution in [3.63, 3.8) is 0 Å². The van der Waals surface area contributed by atoms with Gasteiger partial charge in [0.05, 0.1) is 7.11 Å². The van der Waals surface area contributed by atoms with Gasteiger partial charge in [-0.2, -0.15) is 4.98 Å². The summed E-state index contributed by atoms with van der Waals surface area (Å²) in [6.45, 7) is 0.187. The molecule has 0 spiro atoms. The molecule has 0 aliphatic heterocycles. The van der Waals surface area contributed by atoms with Gasteiger partial charge >= 0.3 is 0 Å². The Morgan fingerprint density at radius 1 is 1.12 bits per heavy atom. The van der Waals surface area contributed by atoms with Crippen LogP contribution in [0.15, 0.2) is 53.4 Å². The number of hydrogen-bond acceptors (Lipinski definition) is 7. The first-order valence-electron chi connectivity index (χ1n) is 7.21. The maximum atomic E-state index is 5.62. The third-order valence-electron chi connectivity index (χ3n) is 3.45. The maximum Gasteiger partial charge on any atom is 0.264 e. The lowest BCUT2D eigenvalue weighted by atomic mass is 10.2. The van der Waals surface area contributed by atoms with Gasteiger partial charge in [0.2, 0.25) is 5.82 Å². The van der Waals surface area contributed by atoms with Crippen molar-refractivity contribution in [2.24, 2.45) is 0 Å². The molecule has 0 N–H and O–H groups in total. The van der Waals surface area contributed by atoms with E-state index in [4.69, 9.17) is 14.0 Å². The number of ether oxygens (including phenoxy) is 2. The maximum absolute atomic E-state index is 5.62. The van der Waals surface area contributed by atoms with Gasteiger partial charge in [-0.05, 0) is 36.4 Å². The monoisotopic (exact) mass is 323 g/mol. The molecule has 0 unspecified atom stereocenters. The second-order valence-corrected chi connectivity index (χ2v) is 4.99. The van der Waals surface area contributed by atoms with Gasteiger partial charge in [0, 0.05) is 11.8 Å². The van der Waals surface area contributed by atoms with Crippen LogP contribution in [0.2, 0.25) is 0 Å². The van der Waals surface area contributed by atoms with E-state index in [-0.39, 0.29) is 6.61 Å².